The zero-order valence-corrected chi connectivity index (χ0v) is 11.0. The molecule has 1 heterocycles. The molecule has 2 aromatic rings. The molecule has 0 atom stereocenters. The summed E-state index contributed by atoms with van der Waals surface area (Å²) >= 11 is 1.30. The van der Waals surface area contributed by atoms with Gasteiger partial charge < -0.3 is 0 Å². The Morgan fingerprint density at radius 1 is 0.684 bits per heavy atom. The Bertz CT molecular complexity index is 663. The number of fused-ring (bicyclic) bond motifs is 1. The number of hydrogen-bond acceptors (Lipinski definition) is 3. The van der Waals surface area contributed by atoms with E-state index < -0.39 is 0 Å². The van der Waals surface area contributed by atoms with Gasteiger partial charge in [-0.2, -0.15) is 8.75 Å². The molecule has 0 amide bonds. The van der Waals surface area contributed by atoms with E-state index in [-0.39, 0.29) is 0 Å². The maximum atomic E-state index is 4.51. The topological polar surface area (TPSA) is 25.8 Å². The summed E-state index contributed by atoms with van der Waals surface area (Å²) in [7, 11) is 0. The van der Waals surface area contributed by atoms with E-state index in [4.69, 9.17) is 0 Å². The predicted octanol–water partition coefficient (Wildman–Crippen LogP) is 4.11. The van der Waals surface area contributed by atoms with Crippen LogP contribution in [-0.4, -0.2) is 8.75 Å². The van der Waals surface area contributed by atoms with Crippen molar-refractivity contribution in [3.8, 4) is 0 Å². The lowest BCUT2D eigenvalue weighted by atomic mass is 9.93. The van der Waals surface area contributed by atoms with Crippen LogP contribution in [0.2, 0.25) is 0 Å². The molecule has 0 unspecified atom stereocenters. The Hall–Kier alpha value is -2.00. The molecule has 0 aliphatic heterocycles. The fourth-order valence-electron chi connectivity index (χ4n) is 2.72. The van der Waals surface area contributed by atoms with Crippen molar-refractivity contribution in [2.45, 2.75) is 11.8 Å². The molecule has 0 bridgehead atoms. The molecule has 4 rings (SSSR count). The van der Waals surface area contributed by atoms with Gasteiger partial charge in [-0.15, -0.1) is 0 Å². The molecule has 2 nitrogen and oxygen atoms in total. The number of allylic oxidation sites excluding steroid dienone is 8. The number of rotatable bonds is 2. The van der Waals surface area contributed by atoms with Gasteiger partial charge in [0.1, 0.15) is 11.0 Å². The molecule has 3 heteroatoms. The highest BCUT2D eigenvalue weighted by molar-refractivity contribution is 7.00. The van der Waals surface area contributed by atoms with Crippen molar-refractivity contribution in [3.63, 3.8) is 0 Å². The lowest BCUT2D eigenvalue weighted by molar-refractivity contribution is 1.08. The maximum absolute atomic E-state index is 4.51. The molecule has 0 saturated heterocycles. The number of hydrogen-bond donors (Lipinski definition) is 0. The average Bonchev–Trinajstić information content (AvgIpc) is 3.19. The van der Waals surface area contributed by atoms with E-state index in [1.54, 1.807) is 0 Å². The highest BCUT2D eigenvalue weighted by Gasteiger charge is 2.19. The molecule has 0 fully saturated rings. The van der Waals surface area contributed by atoms with Crippen LogP contribution in [0.1, 0.15) is 23.0 Å². The van der Waals surface area contributed by atoms with Crippen LogP contribution in [0, 0.1) is 0 Å². The van der Waals surface area contributed by atoms with Crippen molar-refractivity contribution in [1.29, 1.82) is 0 Å². The van der Waals surface area contributed by atoms with E-state index >= 15 is 0 Å². The van der Waals surface area contributed by atoms with Crippen molar-refractivity contribution < 1.29 is 0 Å². The highest BCUT2D eigenvalue weighted by atomic mass is 32.1. The normalized spacial score (nSPS) is 18.3. The monoisotopic (exact) mass is 264 g/mol. The first-order chi connectivity index (χ1) is 9.43. The van der Waals surface area contributed by atoms with Gasteiger partial charge in [-0.25, -0.2) is 0 Å². The van der Waals surface area contributed by atoms with Crippen LogP contribution in [0.15, 0.2) is 60.7 Å². The van der Waals surface area contributed by atoms with Gasteiger partial charge in [0.2, 0.25) is 0 Å². The smallest absolute Gasteiger partial charge is 0.109 e. The first-order valence-electron chi connectivity index (χ1n) is 6.38. The third kappa shape index (κ3) is 1.70. The van der Waals surface area contributed by atoms with Crippen molar-refractivity contribution >= 4 is 22.8 Å². The summed E-state index contributed by atoms with van der Waals surface area (Å²) in [6.45, 7) is 0. The van der Waals surface area contributed by atoms with E-state index in [1.807, 2.05) is 0 Å². The Morgan fingerprint density at radius 3 is 1.53 bits per heavy atom. The second-order valence-corrected chi connectivity index (χ2v) is 5.33. The van der Waals surface area contributed by atoms with Crippen LogP contribution < -0.4 is 0 Å². The SMILES string of the molecule is C1=CC(c2ccc(C3C=CC=C3)c3nsnc23)C=C1. The lowest BCUT2D eigenvalue weighted by Gasteiger charge is -2.11. The minimum absolute atomic E-state index is 0.343. The summed E-state index contributed by atoms with van der Waals surface area (Å²) in [6.07, 6.45) is 17.2. The van der Waals surface area contributed by atoms with Crippen molar-refractivity contribution in [3.05, 3.63) is 71.9 Å². The van der Waals surface area contributed by atoms with Crippen molar-refractivity contribution in [2.75, 3.05) is 0 Å². The van der Waals surface area contributed by atoms with Gasteiger partial charge in [-0.1, -0.05) is 60.7 Å². The fraction of sp³-hybridized carbons (Fsp3) is 0.125. The van der Waals surface area contributed by atoms with Gasteiger partial charge in [-0.05, 0) is 11.1 Å². The third-order valence-electron chi connectivity index (χ3n) is 3.69. The summed E-state index contributed by atoms with van der Waals surface area (Å²) in [6, 6.07) is 4.40. The van der Waals surface area contributed by atoms with Gasteiger partial charge in [0, 0.05) is 11.8 Å². The lowest BCUT2D eigenvalue weighted by Crippen LogP contribution is -1.96. The molecule has 0 N–H and O–H groups in total. The fourth-order valence-corrected chi connectivity index (χ4v) is 3.31. The maximum Gasteiger partial charge on any atom is 0.109 e. The molecule has 92 valence electrons. The Labute approximate surface area is 115 Å². The Kier molecular flexibility index (Phi) is 2.45. The van der Waals surface area contributed by atoms with Crippen LogP contribution in [0.25, 0.3) is 11.0 Å². The molecular formula is C16H12N2S. The zero-order valence-electron chi connectivity index (χ0n) is 10.2. The van der Waals surface area contributed by atoms with E-state index in [0.29, 0.717) is 11.8 Å². The molecule has 1 aromatic carbocycles. The first-order valence-corrected chi connectivity index (χ1v) is 7.11. The highest BCUT2D eigenvalue weighted by Crippen LogP contribution is 2.34. The van der Waals surface area contributed by atoms with E-state index in [1.165, 1.54) is 22.9 Å². The minimum atomic E-state index is 0.343. The zero-order chi connectivity index (χ0) is 12.7. The van der Waals surface area contributed by atoms with Gasteiger partial charge in [0.05, 0.1) is 11.7 Å². The minimum Gasteiger partial charge on any atom is -0.173 e. The molecule has 0 spiro atoms. The van der Waals surface area contributed by atoms with Gasteiger partial charge in [-0.3, -0.25) is 0 Å². The Balaban J connectivity index is 1.90. The summed E-state index contributed by atoms with van der Waals surface area (Å²) in [5.74, 6) is 0.685. The summed E-state index contributed by atoms with van der Waals surface area (Å²) in [4.78, 5) is 0. The predicted molar refractivity (Wildman–Crippen MR) is 79.5 cm³/mol. The van der Waals surface area contributed by atoms with Crippen LogP contribution in [-0.2, 0) is 0 Å². The number of aromatic nitrogens is 2. The standard InChI is InChI=1S/C16H12N2S/c1-2-6-11(5-1)13-9-10-14(12-7-3-4-8-12)16-15(13)17-19-18-16/h1-12H. The third-order valence-corrected chi connectivity index (χ3v) is 4.22. The molecule has 0 radical (unpaired) electrons. The van der Waals surface area contributed by atoms with Gasteiger partial charge in [0.15, 0.2) is 0 Å². The van der Waals surface area contributed by atoms with E-state index in [0.717, 1.165) is 11.0 Å². The molecule has 0 saturated carbocycles. The second-order valence-electron chi connectivity index (χ2n) is 4.80. The van der Waals surface area contributed by atoms with Gasteiger partial charge in [0.25, 0.3) is 0 Å². The van der Waals surface area contributed by atoms with Crippen LogP contribution in [0.5, 0.6) is 0 Å². The quantitative estimate of drug-likeness (QED) is 0.815. The molecule has 2 aliphatic rings. The molecule has 2 aliphatic carbocycles. The van der Waals surface area contributed by atoms with Crippen molar-refractivity contribution in [1.82, 2.24) is 8.75 Å². The largest absolute Gasteiger partial charge is 0.173 e. The van der Waals surface area contributed by atoms with Crippen molar-refractivity contribution in [2.24, 2.45) is 0 Å². The molecule has 19 heavy (non-hydrogen) atoms. The molecule has 1 aromatic heterocycles. The number of nitrogens with zero attached hydrogens (tertiary/aromatic N) is 2. The van der Waals surface area contributed by atoms with Gasteiger partial charge >= 0.3 is 0 Å². The Morgan fingerprint density at radius 2 is 1.11 bits per heavy atom. The van der Waals surface area contributed by atoms with E-state index in [9.17, 15) is 0 Å². The second kappa shape index (κ2) is 4.28. The summed E-state index contributed by atoms with van der Waals surface area (Å²) < 4.78 is 9.02. The van der Waals surface area contributed by atoms with Crippen LogP contribution in [0.4, 0.5) is 0 Å². The first kappa shape index (κ1) is 10.9. The average molecular weight is 264 g/mol. The number of benzene rings is 1. The molecular weight excluding hydrogens is 252 g/mol. The van der Waals surface area contributed by atoms with Crippen LogP contribution >= 0.6 is 11.7 Å². The summed E-state index contributed by atoms with van der Waals surface area (Å²) in [5.41, 5.74) is 4.61. The van der Waals surface area contributed by atoms with Crippen LogP contribution in [0.3, 0.4) is 0 Å². The summed E-state index contributed by atoms with van der Waals surface area (Å²) in [5, 5.41) is 0. The van der Waals surface area contributed by atoms with E-state index in [2.05, 4.69) is 69.5 Å².